The molecule has 0 spiro atoms. The smallest absolute Gasteiger partial charge is 0.0193 e. The van der Waals surface area contributed by atoms with Gasteiger partial charge >= 0.3 is 0 Å². The summed E-state index contributed by atoms with van der Waals surface area (Å²) in [5, 5.41) is 0. The van der Waals surface area contributed by atoms with Gasteiger partial charge in [0.15, 0.2) is 0 Å². The highest BCUT2D eigenvalue weighted by Crippen LogP contribution is 2.25. The quantitative estimate of drug-likeness (QED) is 0.594. The molecule has 74 valence electrons. The van der Waals surface area contributed by atoms with Crippen LogP contribution in [0.25, 0.3) is 0 Å². The van der Waals surface area contributed by atoms with E-state index < -0.39 is 0 Å². The van der Waals surface area contributed by atoms with Crippen LogP contribution in [0.2, 0.25) is 0 Å². The van der Waals surface area contributed by atoms with Crippen molar-refractivity contribution in [2.45, 2.75) is 31.7 Å². The molecule has 0 N–H and O–H groups in total. The summed E-state index contributed by atoms with van der Waals surface area (Å²) in [5.74, 6) is 2.74. The molecule has 0 aromatic rings. The lowest BCUT2D eigenvalue weighted by Gasteiger charge is -2.37. The Balaban J connectivity index is 1.87. The molecule has 2 aliphatic rings. The van der Waals surface area contributed by atoms with Gasteiger partial charge < -0.3 is 0 Å². The summed E-state index contributed by atoms with van der Waals surface area (Å²) in [6.45, 7) is 6.60. The lowest BCUT2D eigenvalue weighted by Crippen LogP contribution is -2.41. The van der Waals surface area contributed by atoms with Crippen molar-refractivity contribution in [2.75, 3.05) is 24.6 Å². The van der Waals surface area contributed by atoms with Crippen molar-refractivity contribution < 1.29 is 0 Å². The fourth-order valence-corrected chi connectivity index (χ4v) is 3.42. The van der Waals surface area contributed by atoms with E-state index in [2.05, 4.69) is 23.2 Å². The molecule has 2 heteroatoms. The SMILES string of the molecule is C=C1CCCN(C2CCSCC2)C1. The van der Waals surface area contributed by atoms with Gasteiger partial charge in [-0.3, -0.25) is 4.90 Å². The van der Waals surface area contributed by atoms with E-state index in [1.165, 1.54) is 55.9 Å². The van der Waals surface area contributed by atoms with E-state index in [0.29, 0.717) is 0 Å². The third kappa shape index (κ3) is 2.50. The molecule has 2 rings (SSSR count). The Hall–Kier alpha value is 0.0500. The van der Waals surface area contributed by atoms with Crippen LogP contribution in [0.15, 0.2) is 12.2 Å². The van der Waals surface area contributed by atoms with Gasteiger partial charge in [-0.2, -0.15) is 11.8 Å². The van der Waals surface area contributed by atoms with Gasteiger partial charge in [-0.1, -0.05) is 12.2 Å². The Morgan fingerprint density at radius 2 is 2.08 bits per heavy atom. The third-order valence-electron chi connectivity index (χ3n) is 3.11. The number of piperidine rings is 1. The number of rotatable bonds is 1. The molecule has 0 aromatic carbocycles. The fourth-order valence-electron chi connectivity index (χ4n) is 2.34. The lowest BCUT2D eigenvalue weighted by atomic mass is 10.0. The Labute approximate surface area is 85.6 Å². The molecule has 0 aliphatic carbocycles. The molecule has 1 nitrogen and oxygen atoms in total. The average Bonchev–Trinajstić information content (AvgIpc) is 2.19. The molecular weight excluding hydrogens is 178 g/mol. The van der Waals surface area contributed by atoms with Crippen LogP contribution >= 0.6 is 11.8 Å². The molecule has 2 aliphatic heterocycles. The number of hydrogen-bond donors (Lipinski definition) is 0. The summed E-state index contributed by atoms with van der Waals surface area (Å²) in [7, 11) is 0. The van der Waals surface area contributed by atoms with Gasteiger partial charge in [-0.25, -0.2) is 0 Å². The monoisotopic (exact) mass is 197 g/mol. The minimum absolute atomic E-state index is 0.873. The summed E-state index contributed by atoms with van der Waals surface area (Å²) in [5.41, 5.74) is 1.45. The Bertz CT molecular complexity index is 185. The first kappa shape index (κ1) is 9.60. The second-order valence-electron chi connectivity index (χ2n) is 4.17. The highest BCUT2D eigenvalue weighted by atomic mass is 32.2. The molecule has 0 bridgehead atoms. The van der Waals surface area contributed by atoms with E-state index in [9.17, 15) is 0 Å². The minimum Gasteiger partial charge on any atom is -0.296 e. The van der Waals surface area contributed by atoms with Crippen LogP contribution in [0.5, 0.6) is 0 Å². The van der Waals surface area contributed by atoms with Crippen molar-refractivity contribution >= 4 is 11.8 Å². The minimum atomic E-state index is 0.873. The van der Waals surface area contributed by atoms with Crippen LogP contribution < -0.4 is 0 Å². The zero-order valence-electron chi connectivity index (χ0n) is 8.30. The zero-order valence-corrected chi connectivity index (χ0v) is 9.11. The van der Waals surface area contributed by atoms with E-state index in [1.807, 2.05) is 0 Å². The predicted molar refractivity (Wildman–Crippen MR) is 60.3 cm³/mol. The van der Waals surface area contributed by atoms with Crippen LogP contribution in [0.4, 0.5) is 0 Å². The Kier molecular flexibility index (Phi) is 3.33. The number of thioether (sulfide) groups is 1. The van der Waals surface area contributed by atoms with E-state index in [-0.39, 0.29) is 0 Å². The van der Waals surface area contributed by atoms with Gasteiger partial charge in [-0.05, 0) is 43.7 Å². The second-order valence-corrected chi connectivity index (χ2v) is 5.39. The summed E-state index contributed by atoms with van der Waals surface area (Å²) >= 11 is 2.11. The molecule has 0 amide bonds. The highest BCUT2D eigenvalue weighted by Gasteiger charge is 2.23. The molecule has 0 saturated carbocycles. The number of nitrogens with zero attached hydrogens (tertiary/aromatic N) is 1. The predicted octanol–water partition coefficient (Wildman–Crippen LogP) is 2.53. The molecule has 2 heterocycles. The number of likely N-dealkylation sites (tertiary alicyclic amines) is 1. The average molecular weight is 197 g/mol. The van der Waals surface area contributed by atoms with Gasteiger partial charge in [0, 0.05) is 12.6 Å². The molecule has 2 saturated heterocycles. The maximum absolute atomic E-state index is 4.11. The maximum atomic E-state index is 4.11. The first-order chi connectivity index (χ1) is 6.36. The maximum Gasteiger partial charge on any atom is 0.0193 e. The third-order valence-corrected chi connectivity index (χ3v) is 4.16. The summed E-state index contributed by atoms with van der Waals surface area (Å²) < 4.78 is 0. The van der Waals surface area contributed by atoms with E-state index in [4.69, 9.17) is 0 Å². The van der Waals surface area contributed by atoms with Crippen LogP contribution in [-0.2, 0) is 0 Å². The van der Waals surface area contributed by atoms with Crippen LogP contribution in [-0.4, -0.2) is 35.5 Å². The van der Waals surface area contributed by atoms with Crippen molar-refractivity contribution in [3.63, 3.8) is 0 Å². The molecule has 0 radical (unpaired) electrons. The van der Waals surface area contributed by atoms with Gasteiger partial charge in [0.25, 0.3) is 0 Å². The van der Waals surface area contributed by atoms with Crippen LogP contribution in [0, 0.1) is 0 Å². The highest BCUT2D eigenvalue weighted by molar-refractivity contribution is 7.99. The topological polar surface area (TPSA) is 3.24 Å². The molecule has 0 atom stereocenters. The van der Waals surface area contributed by atoms with E-state index in [1.54, 1.807) is 0 Å². The largest absolute Gasteiger partial charge is 0.296 e. The van der Waals surface area contributed by atoms with Crippen molar-refractivity contribution in [3.8, 4) is 0 Å². The summed E-state index contributed by atoms with van der Waals surface area (Å²) in [4.78, 5) is 2.66. The first-order valence-electron chi connectivity index (χ1n) is 5.35. The second kappa shape index (κ2) is 4.52. The molecular formula is C11H19NS. The molecule has 13 heavy (non-hydrogen) atoms. The van der Waals surface area contributed by atoms with Crippen molar-refractivity contribution in [3.05, 3.63) is 12.2 Å². The Morgan fingerprint density at radius 3 is 2.77 bits per heavy atom. The van der Waals surface area contributed by atoms with Crippen LogP contribution in [0.1, 0.15) is 25.7 Å². The molecule has 0 aromatic heterocycles. The Morgan fingerprint density at radius 1 is 1.31 bits per heavy atom. The fraction of sp³-hybridized carbons (Fsp3) is 0.818. The van der Waals surface area contributed by atoms with Gasteiger partial charge in [-0.15, -0.1) is 0 Å². The number of hydrogen-bond acceptors (Lipinski definition) is 2. The summed E-state index contributed by atoms with van der Waals surface area (Å²) in [6, 6.07) is 0.873. The summed E-state index contributed by atoms with van der Waals surface area (Å²) in [6.07, 6.45) is 5.40. The van der Waals surface area contributed by atoms with Gasteiger partial charge in [0.05, 0.1) is 0 Å². The molecule has 2 fully saturated rings. The van der Waals surface area contributed by atoms with Crippen molar-refractivity contribution in [2.24, 2.45) is 0 Å². The lowest BCUT2D eigenvalue weighted by molar-refractivity contribution is 0.181. The zero-order chi connectivity index (χ0) is 9.10. The van der Waals surface area contributed by atoms with E-state index in [0.717, 1.165) is 6.04 Å². The normalized spacial score (nSPS) is 27.8. The van der Waals surface area contributed by atoms with Crippen molar-refractivity contribution in [1.29, 1.82) is 0 Å². The van der Waals surface area contributed by atoms with E-state index >= 15 is 0 Å². The van der Waals surface area contributed by atoms with Gasteiger partial charge in [0.1, 0.15) is 0 Å². The molecule has 0 unspecified atom stereocenters. The van der Waals surface area contributed by atoms with Crippen LogP contribution in [0.3, 0.4) is 0 Å². The van der Waals surface area contributed by atoms with Gasteiger partial charge in [0.2, 0.25) is 0 Å². The standard InChI is InChI=1S/C11H19NS/c1-10-3-2-6-12(9-10)11-4-7-13-8-5-11/h11H,1-9H2. The van der Waals surface area contributed by atoms with Crippen molar-refractivity contribution in [1.82, 2.24) is 4.90 Å². The first-order valence-corrected chi connectivity index (χ1v) is 6.50.